The molecule has 3 fully saturated rings. The highest BCUT2D eigenvalue weighted by Crippen LogP contribution is 2.41. The van der Waals surface area contributed by atoms with Gasteiger partial charge in [-0.3, -0.25) is 4.79 Å². The number of hydrogen-bond acceptors (Lipinski definition) is 6. The monoisotopic (exact) mass is 370 g/mol. The zero-order valence-electron chi connectivity index (χ0n) is 13.6. The number of carbonyl (C=O) groups is 1. The van der Waals surface area contributed by atoms with Gasteiger partial charge in [0.05, 0.1) is 10.9 Å². The van der Waals surface area contributed by atoms with Gasteiger partial charge in [0.25, 0.3) is 5.91 Å². The standard InChI is InChI=1S/C15H22N4O3S2/c20-15(14-13(11-3-4-11)16-17-23-14)18-9-5-12(6-10-18)24(21,22)19-7-1-2-8-19/h11-12H,1-10H2. The Hall–Kier alpha value is -1.06. The molecule has 0 bridgehead atoms. The van der Waals surface area contributed by atoms with Crippen molar-refractivity contribution >= 4 is 27.5 Å². The minimum absolute atomic E-state index is 0.0241. The van der Waals surface area contributed by atoms with Gasteiger partial charge in [-0.25, -0.2) is 12.7 Å². The van der Waals surface area contributed by atoms with E-state index in [1.54, 1.807) is 9.21 Å². The van der Waals surface area contributed by atoms with Crippen LogP contribution in [-0.4, -0.2) is 64.5 Å². The maximum Gasteiger partial charge on any atom is 0.267 e. The van der Waals surface area contributed by atoms with Crippen LogP contribution < -0.4 is 0 Å². The molecule has 3 heterocycles. The third-order valence-corrected chi connectivity index (χ3v) is 8.38. The first kappa shape index (κ1) is 16.4. The molecular weight excluding hydrogens is 348 g/mol. The van der Waals surface area contributed by atoms with E-state index >= 15 is 0 Å². The van der Waals surface area contributed by atoms with E-state index in [-0.39, 0.29) is 11.2 Å². The Kier molecular flexibility index (Phi) is 4.34. The van der Waals surface area contributed by atoms with Crippen molar-refractivity contribution in [3.05, 3.63) is 10.6 Å². The van der Waals surface area contributed by atoms with E-state index in [0.717, 1.165) is 31.4 Å². The van der Waals surface area contributed by atoms with E-state index in [9.17, 15) is 13.2 Å². The first-order valence-corrected chi connectivity index (χ1v) is 11.0. The van der Waals surface area contributed by atoms with Crippen LogP contribution in [0.25, 0.3) is 0 Å². The summed E-state index contributed by atoms with van der Waals surface area (Å²) in [5, 5.41) is 3.77. The third-order valence-electron chi connectivity index (χ3n) is 5.25. The van der Waals surface area contributed by atoms with E-state index in [2.05, 4.69) is 9.59 Å². The second-order valence-electron chi connectivity index (χ2n) is 6.90. The van der Waals surface area contributed by atoms with Gasteiger partial charge in [0.2, 0.25) is 10.0 Å². The second kappa shape index (κ2) is 6.34. The number of rotatable bonds is 4. The molecule has 24 heavy (non-hydrogen) atoms. The van der Waals surface area contributed by atoms with Crippen LogP contribution in [0, 0.1) is 0 Å². The zero-order valence-corrected chi connectivity index (χ0v) is 15.2. The van der Waals surface area contributed by atoms with Gasteiger partial charge in [0.15, 0.2) is 0 Å². The molecule has 1 aromatic rings. The molecule has 4 rings (SSSR count). The number of likely N-dealkylation sites (tertiary alicyclic amines) is 1. The molecule has 3 aliphatic rings. The van der Waals surface area contributed by atoms with Crippen molar-refractivity contribution in [2.24, 2.45) is 0 Å². The number of aromatic nitrogens is 2. The molecule has 0 radical (unpaired) electrons. The fraction of sp³-hybridized carbons (Fsp3) is 0.800. The summed E-state index contributed by atoms with van der Waals surface area (Å²) in [5.74, 6) is 0.375. The van der Waals surface area contributed by atoms with Crippen LogP contribution in [0.2, 0.25) is 0 Å². The largest absolute Gasteiger partial charge is 0.338 e. The van der Waals surface area contributed by atoms with E-state index < -0.39 is 10.0 Å². The number of sulfonamides is 1. The van der Waals surface area contributed by atoms with Crippen LogP contribution in [0.4, 0.5) is 0 Å². The van der Waals surface area contributed by atoms with Crippen LogP contribution in [0.1, 0.15) is 59.8 Å². The third kappa shape index (κ3) is 2.97. The number of hydrogen-bond donors (Lipinski definition) is 0. The minimum Gasteiger partial charge on any atom is -0.338 e. The summed E-state index contributed by atoms with van der Waals surface area (Å²) in [5.41, 5.74) is 0.844. The van der Waals surface area contributed by atoms with E-state index in [4.69, 9.17) is 0 Å². The van der Waals surface area contributed by atoms with Crippen molar-refractivity contribution in [1.29, 1.82) is 0 Å². The SMILES string of the molecule is O=C(c1snnc1C1CC1)N1CCC(S(=O)(=O)N2CCCC2)CC1. The van der Waals surface area contributed by atoms with Crippen molar-refractivity contribution in [2.75, 3.05) is 26.2 Å². The molecular formula is C15H22N4O3S2. The Balaban J connectivity index is 1.40. The smallest absolute Gasteiger partial charge is 0.267 e. The second-order valence-corrected chi connectivity index (χ2v) is 9.87. The molecule has 7 nitrogen and oxygen atoms in total. The van der Waals surface area contributed by atoms with Gasteiger partial charge in [-0.15, -0.1) is 5.10 Å². The minimum atomic E-state index is -3.20. The molecule has 1 aliphatic carbocycles. The zero-order chi connectivity index (χ0) is 16.7. The lowest BCUT2D eigenvalue weighted by Gasteiger charge is -2.33. The normalized spacial score (nSPS) is 23.8. The van der Waals surface area contributed by atoms with Gasteiger partial charge in [0, 0.05) is 32.1 Å². The Bertz CT molecular complexity index is 715. The van der Waals surface area contributed by atoms with Crippen molar-refractivity contribution in [1.82, 2.24) is 18.8 Å². The summed E-state index contributed by atoms with van der Waals surface area (Å²) in [6.07, 6.45) is 5.13. The molecule has 0 N–H and O–H groups in total. The lowest BCUT2D eigenvalue weighted by molar-refractivity contribution is 0.0728. The van der Waals surface area contributed by atoms with Crippen LogP contribution in [-0.2, 0) is 10.0 Å². The Morgan fingerprint density at radius 2 is 1.71 bits per heavy atom. The van der Waals surface area contributed by atoms with Crippen molar-refractivity contribution < 1.29 is 13.2 Å². The summed E-state index contributed by atoms with van der Waals surface area (Å²) in [6, 6.07) is 0. The van der Waals surface area contributed by atoms with Crippen molar-refractivity contribution in [3.63, 3.8) is 0 Å². The summed E-state index contributed by atoms with van der Waals surface area (Å²) in [7, 11) is -3.20. The predicted molar refractivity (Wildman–Crippen MR) is 90.5 cm³/mol. The van der Waals surface area contributed by atoms with Crippen LogP contribution in [0.15, 0.2) is 0 Å². The molecule has 0 unspecified atom stereocenters. The predicted octanol–water partition coefficient (Wildman–Crippen LogP) is 1.45. The summed E-state index contributed by atoms with van der Waals surface area (Å²) < 4.78 is 30.9. The molecule has 9 heteroatoms. The van der Waals surface area contributed by atoms with Gasteiger partial charge >= 0.3 is 0 Å². The summed E-state index contributed by atoms with van der Waals surface area (Å²) in [4.78, 5) is 15.1. The topological polar surface area (TPSA) is 83.5 Å². The van der Waals surface area contributed by atoms with E-state index in [1.807, 2.05) is 0 Å². The fourth-order valence-corrected chi connectivity index (χ4v) is 6.34. The molecule has 0 aromatic carbocycles. The van der Waals surface area contributed by atoms with Gasteiger partial charge in [-0.1, -0.05) is 4.49 Å². The lowest BCUT2D eigenvalue weighted by Crippen LogP contribution is -2.46. The summed E-state index contributed by atoms with van der Waals surface area (Å²) >= 11 is 1.17. The molecule has 2 saturated heterocycles. The number of carbonyl (C=O) groups excluding carboxylic acids is 1. The molecule has 0 spiro atoms. The Labute approximate surface area is 146 Å². The van der Waals surface area contributed by atoms with Gasteiger partial charge < -0.3 is 4.90 Å². The van der Waals surface area contributed by atoms with E-state index in [1.165, 1.54) is 11.5 Å². The molecule has 1 aromatic heterocycles. The average molecular weight is 371 g/mol. The first-order valence-electron chi connectivity index (χ1n) is 8.68. The highest BCUT2D eigenvalue weighted by Gasteiger charge is 2.38. The maximum absolute atomic E-state index is 12.7. The number of piperidine rings is 1. The molecule has 132 valence electrons. The lowest BCUT2D eigenvalue weighted by atomic mass is 10.1. The van der Waals surface area contributed by atoms with E-state index in [0.29, 0.717) is 49.8 Å². The first-order chi connectivity index (χ1) is 11.6. The van der Waals surface area contributed by atoms with Crippen molar-refractivity contribution in [3.8, 4) is 0 Å². The fourth-order valence-electron chi connectivity index (χ4n) is 3.62. The molecule has 1 saturated carbocycles. The highest BCUT2D eigenvalue weighted by molar-refractivity contribution is 7.89. The quantitative estimate of drug-likeness (QED) is 0.801. The average Bonchev–Trinajstić information content (AvgIpc) is 3.09. The van der Waals surface area contributed by atoms with Crippen LogP contribution >= 0.6 is 11.5 Å². The molecule has 0 atom stereocenters. The highest BCUT2D eigenvalue weighted by atomic mass is 32.2. The molecule has 1 amide bonds. The van der Waals surface area contributed by atoms with Gasteiger partial charge in [-0.2, -0.15) is 0 Å². The van der Waals surface area contributed by atoms with Crippen LogP contribution in [0.3, 0.4) is 0 Å². The number of nitrogens with zero attached hydrogens (tertiary/aromatic N) is 4. The number of amides is 1. The van der Waals surface area contributed by atoms with Crippen LogP contribution in [0.5, 0.6) is 0 Å². The van der Waals surface area contributed by atoms with Crippen molar-refractivity contribution in [2.45, 2.75) is 49.7 Å². The Morgan fingerprint density at radius 3 is 2.33 bits per heavy atom. The summed E-state index contributed by atoms with van der Waals surface area (Å²) in [6.45, 7) is 2.30. The molecule has 2 aliphatic heterocycles. The Morgan fingerprint density at radius 1 is 1.04 bits per heavy atom. The van der Waals surface area contributed by atoms with Gasteiger partial charge in [0.1, 0.15) is 4.88 Å². The maximum atomic E-state index is 12.7. The van der Waals surface area contributed by atoms with Gasteiger partial charge in [-0.05, 0) is 50.1 Å².